The van der Waals surface area contributed by atoms with Gasteiger partial charge in [0.15, 0.2) is 0 Å². The minimum Gasteiger partial charge on any atom is -0.306 e. The van der Waals surface area contributed by atoms with E-state index in [1.54, 1.807) is 0 Å². The normalized spacial score (nSPS) is 25.4. The maximum Gasteiger partial charge on any atom is 0.216 e. The zero-order valence-corrected chi connectivity index (χ0v) is 12.4. The van der Waals surface area contributed by atoms with Gasteiger partial charge in [0.1, 0.15) is 0 Å². The molecule has 2 rings (SSSR count). The molecule has 0 radical (unpaired) electrons. The van der Waals surface area contributed by atoms with Crippen LogP contribution in [0.3, 0.4) is 0 Å². The monoisotopic (exact) mass is 282 g/mol. The van der Waals surface area contributed by atoms with E-state index in [0.717, 1.165) is 25.1 Å². The maximum atomic E-state index is 12.2. The number of likely N-dealkylation sites (tertiary alicyclic amines) is 1. The molecule has 0 amide bonds. The summed E-state index contributed by atoms with van der Waals surface area (Å²) in [6.07, 6.45) is 0.881. The van der Waals surface area contributed by atoms with Crippen LogP contribution in [0.5, 0.6) is 0 Å². The summed E-state index contributed by atoms with van der Waals surface area (Å²) in [4.78, 5) is 2.24. The Hall–Kier alpha value is -0.910. The molecule has 1 aliphatic rings. The van der Waals surface area contributed by atoms with Gasteiger partial charge in [0.25, 0.3) is 0 Å². The predicted molar refractivity (Wildman–Crippen MR) is 77.3 cm³/mol. The van der Waals surface area contributed by atoms with Gasteiger partial charge in [-0.05, 0) is 31.5 Å². The van der Waals surface area contributed by atoms with Crippen LogP contribution >= 0.6 is 0 Å². The SMILES string of the molecule is C[C@@H]1CN(C)CC[C@H]1NS(=O)(=O)Cc1ccccc1. The second-order valence-corrected chi connectivity index (χ2v) is 7.25. The molecule has 1 aromatic carbocycles. The van der Waals surface area contributed by atoms with Gasteiger partial charge >= 0.3 is 0 Å². The summed E-state index contributed by atoms with van der Waals surface area (Å²) in [6.45, 7) is 3.99. The largest absolute Gasteiger partial charge is 0.306 e. The summed E-state index contributed by atoms with van der Waals surface area (Å²) in [7, 11) is -1.18. The lowest BCUT2D eigenvalue weighted by Crippen LogP contribution is -2.49. The lowest BCUT2D eigenvalue weighted by molar-refractivity contribution is 0.188. The highest BCUT2D eigenvalue weighted by Gasteiger charge is 2.27. The van der Waals surface area contributed by atoms with Crippen LogP contribution in [0.15, 0.2) is 30.3 Å². The molecule has 1 N–H and O–H groups in total. The Kier molecular flexibility index (Phi) is 4.60. The van der Waals surface area contributed by atoms with Crippen molar-refractivity contribution >= 4 is 10.0 Å². The second-order valence-electron chi connectivity index (χ2n) is 5.50. The number of nitrogens with one attached hydrogen (secondary N) is 1. The van der Waals surface area contributed by atoms with E-state index in [2.05, 4.69) is 23.6 Å². The van der Waals surface area contributed by atoms with Crippen LogP contribution < -0.4 is 4.72 Å². The number of benzene rings is 1. The maximum absolute atomic E-state index is 12.2. The van der Waals surface area contributed by atoms with Crippen LogP contribution in [-0.4, -0.2) is 39.5 Å². The average molecular weight is 282 g/mol. The first kappa shape index (κ1) is 14.5. The minimum absolute atomic E-state index is 0.0601. The van der Waals surface area contributed by atoms with E-state index in [9.17, 15) is 8.42 Å². The molecule has 1 aromatic rings. The van der Waals surface area contributed by atoms with E-state index < -0.39 is 10.0 Å². The first-order valence-electron chi connectivity index (χ1n) is 6.69. The topological polar surface area (TPSA) is 49.4 Å². The van der Waals surface area contributed by atoms with Gasteiger partial charge < -0.3 is 4.90 Å². The van der Waals surface area contributed by atoms with Crippen molar-refractivity contribution in [3.63, 3.8) is 0 Å². The fourth-order valence-electron chi connectivity index (χ4n) is 2.60. The van der Waals surface area contributed by atoms with Gasteiger partial charge in [-0.1, -0.05) is 37.3 Å². The molecule has 1 heterocycles. The standard InChI is InChI=1S/C14H22N2O2S/c1-12-10-16(2)9-8-14(12)15-19(17,18)11-13-6-4-3-5-7-13/h3-7,12,14-15H,8-11H2,1-2H3/t12-,14-/m1/s1. The van der Waals surface area contributed by atoms with E-state index in [0.29, 0.717) is 5.92 Å². The van der Waals surface area contributed by atoms with Crippen LogP contribution in [0.2, 0.25) is 0 Å². The van der Waals surface area contributed by atoms with Gasteiger partial charge in [-0.25, -0.2) is 13.1 Å². The Morgan fingerprint density at radius 2 is 2.00 bits per heavy atom. The Morgan fingerprint density at radius 1 is 1.32 bits per heavy atom. The van der Waals surface area contributed by atoms with Gasteiger partial charge in [-0.15, -0.1) is 0 Å². The van der Waals surface area contributed by atoms with E-state index in [4.69, 9.17) is 0 Å². The summed E-state index contributed by atoms with van der Waals surface area (Å²) >= 11 is 0. The van der Waals surface area contributed by atoms with Gasteiger partial charge in [0.05, 0.1) is 5.75 Å². The third kappa shape index (κ3) is 4.30. The zero-order valence-electron chi connectivity index (χ0n) is 11.5. The molecule has 0 saturated carbocycles. The molecule has 0 unspecified atom stereocenters. The Bertz CT molecular complexity index is 501. The molecule has 19 heavy (non-hydrogen) atoms. The van der Waals surface area contributed by atoms with E-state index in [1.165, 1.54) is 0 Å². The number of nitrogens with zero attached hydrogens (tertiary/aromatic N) is 1. The van der Waals surface area contributed by atoms with Crippen LogP contribution in [0.25, 0.3) is 0 Å². The van der Waals surface area contributed by atoms with Crippen molar-refractivity contribution in [1.82, 2.24) is 9.62 Å². The number of hydrogen-bond acceptors (Lipinski definition) is 3. The summed E-state index contributed by atoms with van der Waals surface area (Å²) in [5.41, 5.74) is 0.829. The highest BCUT2D eigenvalue weighted by Crippen LogP contribution is 2.17. The summed E-state index contributed by atoms with van der Waals surface area (Å²) < 4.78 is 27.2. The van der Waals surface area contributed by atoms with E-state index in [1.807, 2.05) is 30.3 Å². The zero-order chi connectivity index (χ0) is 13.9. The molecule has 0 aromatic heterocycles. The quantitative estimate of drug-likeness (QED) is 0.909. The second kappa shape index (κ2) is 6.03. The molecule has 5 heteroatoms. The van der Waals surface area contributed by atoms with Crippen LogP contribution in [0, 0.1) is 5.92 Å². The Balaban J connectivity index is 1.98. The number of piperidine rings is 1. The lowest BCUT2D eigenvalue weighted by atomic mass is 9.95. The number of sulfonamides is 1. The fourth-order valence-corrected chi connectivity index (χ4v) is 4.12. The molecule has 1 fully saturated rings. The number of hydrogen-bond donors (Lipinski definition) is 1. The van der Waals surface area contributed by atoms with Crippen LogP contribution in [-0.2, 0) is 15.8 Å². The van der Waals surface area contributed by atoms with Crippen molar-refractivity contribution in [2.45, 2.75) is 25.1 Å². The summed E-state index contributed by atoms with van der Waals surface area (Å²) in [5.74, 6) is 0.414. The Labute approximate surface area is 115 Å². The van der Waals surface area contributed by atoms with E-state index >= 15 is 0 Å². The van der Waals surface area contributed by atoms with Crippen molar-refractivity contribution in [2.75, 3.05) is 20.1 Å². The molecule has 0 bridgehead atoms. The summed E-state index contributed by atoms with van der Waals surface area (Å²) in [5, 5.41) is 0. The predicted octanol–water partition coefficient (Wildman–Crippen LogP) is 1.45. The molecule has 106 valence electrons. The van der Waals surface area contributed by atoms with Crippen molar-refractivity contribution in [3.05, 3.63) is 35.9 Å². The van der Waals surface area contributed by atoms with Crippen molar-refractivity contribution in [3.8, 4) is 0 Å². The van der Waals surface area contributed by atoms with Crippen LogP contribution in [0.4, 0.5) is 0 Å². The molecule has 4 nitrogen and oxygen atoms in total. The van der Waals surface area contributed by atoms with Crippen LogP contribution in [0.1, 0.15) is 18.9 Å². The van der Waals surface area contributed by atoms with Crippen molar-refractivity contribution < 1.29 is 8.42 Å². The first-order valence-corrected chi connectivity index (χ1v) is 8.34. The molecular formula is C14H22N2O2S. The summed E-state index contributed by atoms with van der Waals surface area (Å²) in [6, 6.07) is 9.37. The average Bonchev–Trinajstić information content (AvgIpc) is 2.33. The lowest BCUT2D eigenvalue weighted by Gasteiger charge is -2.34. The van der Waals surface area contributed by atoms with Gasteiger partial charge in [0.2, 0.25) is 10.0 Å². The van der Waals surface area contributed by atoms with Crippen molar-refractivity contribution in [2.24, 2.45) is 5.92 Å². The highest BCUT2D eigenvalue weighted by molar-refractivity contribution is 7.88. The Morgan fingerprint density at radius 3 is 2.63 bits per heavy atom. The van der Waals surface area contributed by atoms with Gasteiger partial charge in [-0.3, -0.25) is 0 Å². The fraction of sp³-hybridized carbons (Fsp3) is 0.571. The van der Waals surface area contributed by atoms with Crippen molar-refractivity contribution in [1.29, 1.82) is 0 Å². The molecule has 1 saturated heterocycles. The highest BCUT2D eigenvalue weighted by atomic mass is 32.2. The number of rotatable bonds is 4. The molecular weight excluding hydrogens is 260 g/mol. The molecule has 1 aliphatic heterocycles. The third-order valence-electron chi connectivity index (χ3n) is 3.64. The molecule has 0 spiro atoms. The molecule has 0 aliphatic carbocycles. The minimum atomic E-state index is -3.25. The third-order valence-corrected chi connectivity index (χ3v) is 5.01. The first-order chi connectivity index (χ1) is 8.96. The smallest absolute Gasteiger partial charge is 0.216 e. The van der Waals surface area contributed by atoms with E-state index in [-0.39, 0.29) is 11.8 Å². The van der Waals surface area contributed by atoms with Gasteiger partial charge in [-0.2, -0.15) is 0 Å². The molecule has 2 atom stereocenters. The van der Waals surface area contributed by atoms with Gasteiger partial charge in [0, 0.05) is 12.6 Å².